The average molecular weight is 192 g/mol. The Labute approximate surface area is 86.9 Å². The maximum atomic E-state index is 11.1. The van der Waals surface area contributed by atoms with Crippen LogP contribution in [-0.4, -0.2) is 5.78 Å². The van der Waals surface area contributed by atoms with Crippen LogP contribution in [0.5, 0.6) is 0 Å². The topological polar surface area (TPSA) is 17.1 Å². The number of ketones is 1. The monoisotopic (exact) mass is 192 g/mol. The van der Waals surface area contributed by atoms with Crippen LogP contribution < -0.4 is 0 Å². The zero-order chi connectivity index (χ0) is 10.4. The first-order valence-electron chi connectivity index (χ1n) is 5.62. The van der Waals surface area contributed by atoms with Gasteiger partial charge in [0.1, 0.15) is 0 Å². The molecule has 78 valence electrons. The third kappa shape index (κ3) is 3.13. The van der Waals surface area contributed by atoms with E-state index >= 15 is 0 Å². The second-order valence-corrected chi connectivity index (χ2v) is 3.99. The summed E-state index contributed by atoms with van der Waals surface area (Å²) in [6.07, 6.45) is 10.5. The standard InChI is InChI=1S/C13H20O/c1-3-11(9-10-13(14)4-2)12-7-5-6-8-12/h4,9,12H,2-3,5-8,10H2,1H3/b11-9+. The van der Waals surface area contributed by atoms with Gasteiger partial charge in [-0.15, -0.1) is 0 Å². The van der Waals surface area contributed by atoms with Crippen LogP contribution in [0, 0.1) is 5.92 Å². The van der Waals surface area contributed by atoms with Crippen molar-refractivity contribution in [1.82, 2.24) is 0 Å². The van der Waals surface area contributed by atoms with Gasteiger partial charge in [-0.1, -0.05) is 38.0 Å². The first-order valence-corrected chi connectivity index (χ1v) is 5.62. The molecule has 0 bridgehead atoms. The van der Waals surface area contributed by atoms with E-state index in [0.29, 0.717) is 6.42 Å². The molecule has 14 heavy (non-hydrogen) atoms. The van der Waals surface area contributed by atoms with E-state index in [0.717, 1.165) is 12.3 Å². The van der Waals surface area contributed by atoms with Gasteiger partial charge < -0.3 is 0 Å². The highest BCUT2D eigenvalue weighted by Gasteiger charge is 2.17. The van der Waals surface area contributed by atoms with E-state index in [1.807, 2.05) is 0 Å². The molecule has 0 unspecified atom stereocenters. The van der Waals surface area contributed by atoms with Crippen LogP contribution in [0.2, 0.25) is 0 Å². The van der Waals surface area contributed by atoms with Crippen molar-refractivity contribution >= 4 is 5.78 Å². The van der Waals surface area contributed by atoms with Gasteiger partial charge in [-0.05, 0) is 31.3 Å². The fraction of sp³-hybridized carbons (Fsp3) is 0.615. The second kappa shape index (κ2) is 5.79. The van der Waals surface area contributed by atoms with E-state index in [9.17, 15) is 4.79 Å². The lowest BCUT2D eigenvalue weighted by atomic mass is 9.94. The van der Waals surface area contributed by atoms with Crippen molar-refractivity contribution in [3.05, 3.63) is 24.3 Å². The molecule has 0 saturated heterocycles. The molecule has 0 aromatic carbocycles. The van der Waals surface area contributed by atoms with Crippen molar-refractivity contribution in [2.45, 2.75) is 45.4 Å². The number of carbonyl (C=O) groups excluding carboxylic acids is 1. The lowest BCUT2D eigenvalue weighted by Crippen LogP contribution is -1.99. The zero-order valence-corrected chi connectivity index (χ0v) is 9.09. The summed E-state index contributed by atoms with van der Waals surface area (Å²) in [4.78, 5) is 11.1. The first-order chi connectivity index (χ1) is 6.77. The Bertz CT molecular complexity index is 232. The predicted octanol–water partition coefficient (Wildman–Crippen LogP) is 3.66. The largest absolute Gasteiger partial charge is 0.295 e. The minimum Gasteiger partial charge on any atom is -0.295 e. The summed E-state index contributed by atoms with van der Waals surface area (Å²) in [6, 6.07) is 0. The smallest absolute Gasteiger partial charge is 0.158 e. The summed E-state index contributed by atoms with van der Waals surface area (Å²) in [5, 5.41) is 0. The molecule has 0 aliphatic heterocycles. The van der Waals surface area contributed by atoms with Crippen molar-refractivity contribution in [3.63, 3.8) is 0 Å². The SMILES string of the molecule is C=CC(=O)C/C=C(\CC)C1CCCC1. The van der Waals surface area contributed by atoms with Gasteiger partial charge in [0.05, 0.1) is 0 Å². The van der Waals surface area contributed by atoms with Crippen LogP contribution in [0.3, 0.4) is 0 Å². The molecule has 0 amide bonds. The Kier molecular flexibility index (Phi) is 4.64. The molecule has 1 heteroatoms. The van der Waals surface area contributed by atoms with Crippen LogP contribution in [0.4, 0.5) is 0 Å². The number of carbonyl (C=O) groups is 1. The van der Waals surface area contributed by atoms with E-state index < -0.39 is 0 Å². The molecule has 1 rings (SSSR count). The Morgan fingerprint density at radius 1 is 1.43 bits per heavy atom. The fourth-order valence-corrected chi connectivity index (χ4v) is 2.21. The Morgan fingerprint density at radius 2 is 2.07 bits per heavy atom. The molecule has 0 atom stereocenters. The molecule has 0 N–H and O–H groups in total. The Morgan fingerprint density at radius 3 is 2.57 bits per heavy atom. The molecular formula is C13H20O. The lowest BCUT2D eigenvalue weighted by molar-refractivity contribution is -0.113. The Hall–Kier alpha value is -0.850. The number of hydrogen-bond acceptors (Lipinski definition) is 1. The van der Waals surface area contributed by atoms with E-state index in [4.69, 9.17) is 0 Å². The van der Waals surface area contributed by atoms with Gasteiger partial charge in [-0.25, -0.2) is 0 Å². The van der Waals surface area contributed by atoms with Crippen LogP contribution in [0.15, 0.2) is 24.3 Å². The molecule has 0 aromatic rings. The number of hydrogen-bond donors (Lipinski definition) is 0. The fourth-order valence-electron chi connectivity index (χ4n) is 2.21. The molecule has 0 heterocycles. The minimum absolute atomic E-state index is 0.133. The molecule has 0 spiro atoms. The van der Waals surface area contributed by atoms with Crippen molar-refractivity contribution in [2.24, 2.45) is 5.92 Å². The minimum atomic E-state index is 0.133. The van der Waals surface area contributed by atoms with Crippen molar-refractivity contribution < 1.29 is 4.79 Å². The van der Waals surface area contributed by atoms with E-state index in [1.165, 1.54) is 37.3 Å². The summed E-state index contributed by atoms with van der Waals surface area (Å²) < 4.78 is 0. The maximum absolute atomic E-state index is 11.1. The molecule has 1 fully saturated rings. The van der Waals surface area contributed by atoms with Crippen LogP contribution in [-0.2, 0) is 4.79 Å². The molecule has 0 radical (unpaired) electrons. The molecule has 1 aliphatic rings. The molecule has 0 aromatic heterocycles. The van der Waals surface area contributed by atoms with Gasteiger partial charge in [0, 0.05) is 6.42 Å². The summed E-state index contributed by atoms with van der Waals surface area (Å²) in [5.74, 6) is 0.895. The quantitative estimate of drug-likeness (QED) is 0.480. The average Bonchev–Trinajstić information content (AvgIpc) is 2.72. The van der Waals surface area contributed by atoms with E-state index in [2.05, 4.69) is 19.6 Å². The molecular weight excluding hydrogens is 172 g/mol. The van der Waals surface area contributed by atoms with Gasteiger partial charge in [-0.3, -0.25) is 4.79 Å². The van der Waals surface area contributed by atoms with Crippen LogP contribution >= 0.6 is 0 Å². The van der Waals surface area contributed by atoms with Gasteiger partial charge in [-0.2, -0.15) is 0 Å². The van der Waals surface area contributed by atoms with E-state index in [-0.39, 0.29) is 5.78 Å². The highest BCUT2D eigenvalue weighted by molar-refractivity contribution is 5.90. The van der Waals surface area contributed by atoms with Gasteiger partial charge in [0.25, 0.3) is 0 Å². The van der Waals surface area contributed by atoms with Gasteiger partial charge in [0.2, 0.25) is 0 Å². The maximum Gasteiger partial charge on any atom is 0.158 e. The molecule has 1 saturated carbocycles. The van der Waals surface area contributed by atoms with Gasteiger partial charge in [0.15, 0.2) is 5.78 Å². The normalized spacial score (nSPS) is 18.5. The summed E-state index contributed by atoms with van der Waals surface area (Å²) in [7, 11) is 0. The highest BCUT2D eigenvalue weighted by atomic mass is 16.1. The second-order valence-electron chi connectivity index (χ2n) is 3.99. The summed E-state index contributed by atoms with van der Waals surface area (Å²) in [5.41, 5.74) is 1.48. The number of allylic oxidation sites excluding steroid dienone is 3. The van der Waals surface area contributed by atoms with Crippen molar-refractivity contribution in [1.29, 1.82) is 0 Å². The van der Waals surface area contributed by atoms with E-state index in [1.54, 1.807) is 0 Å². The third-order valence-electron chi connectivity index (χ3n) is 3.08. The zero-order valence-electron chi connectivity index (χ0n) is 9.09. The predicted molar refractivity (Wildman–Crippen MR) is 60.2 cm³/mol. The van der Waals surface area contributed by atoms with Crippen LogP contribution in [0.1, 0.15) is 45.4 Å². The summed E-state index contributed by atoms with van der Waals surface area (Å²) in [6.45, 7) is 5.67. The summed E-state index contributed by atoms with van der Waals surface area (Å²) >= 11 is 0. The van der Waals surface area contributed by atoms with Crippen LogP contribution in [0.25, 0.3) is 0 Å². The van der Waals surface area contributed by atoms with Crippen molar-refractivity contribution in [3.8, 4) is 0 Å². The first kappa shape index (κ1) is 11.2. The molecule has 1 nitrogen and oxygen atoms in total. The Balaban J connectivity index is 2.51. The number of rotatable bonds is 5. The highest BCUT2D eigenvalue weighted by Crippen LogP contribution is 2.32. The lowest BCUT2D eigenvalue weighted by Gasteiger charge is -2.12. The third-order valence-corrected chi connectivity index (χ3v) is 3.08. The van der Waals surface area contributed by atoms with Crippen molar-refractivity contribution in [2.75, 3.05) is 0 Å². The molecule has 1 aliphatic carbocycles. The van der Waals surface area contributed by atoms with Gasteiger partial charge >= 0.3 is 0 Å².